The van der Waals surface area contributed by atoms with Crippen LogP contribution in [-0.2, 0) is 9.53 Å². The summed E-state index contributed by atoms with van der Waals surface area (Å²) in [7, 11) is 0. The van der Waals surface area contributed by atoms with Gasteiger partial charge in [0.2, 0.25) is 0 Å². The quantitative estimate of drug-likeness (QED) is 0.330. The third-order valence-corrected chi connectivity index (χ3v) is 3.71. The maximum Gasteiger partial charge on any atom is 0.340 e. The monoisotopic (exact) mass is 412 g/mol. The van der Waals surface area contributed by atoms with Gasteiger partial charge in [-0.3, -0.25) is 30.6 Å². The van der Waals surface area contributed by atoms with Crippen molar-refractivity contribution in [3.8, 4) is 0 Å². The van der Waals surface area contributed by atoms with Crippen LogP contribution in [0, 0.1) is 10.1 Å². The van der Waals surface area contributed by atoms with Gasteiger partial charge in [-0.05, 0) is 18.2 Å². The molecule has 0 aliphatic heterocycles. The summed E-state index contributed by atoms with van der Waals surface area (Å²) >= 11 is 11.3. The summed E-state index contributed by atoms with van der Waals surface area (Å²) < 4.78 is 4.75. The number of esters is 1. The lowest BCUT2D eigenvalue weighted by molar-refractivity contribution is -0.384. The molecule has 0 fully saturated rings. The number of hydrazine groups is 1. The molecule has 0 spiro atoms. The van der Waals surface area contributed by atoms with Gasteiger partial charge in [-0.2, -0.15) is 0 Å². The number of hydrogen-bond donors (Lipinski definition) is 2. The maximum absolute atomic E-state index is 11.8. The number of pyridine rings is 1. The number of non-ortho nitro benzene ring substituents is 1. The van der Waals surface area contributed by atoms with Crippen molar-refractivity contribution in [3.63, 3.8) is 0 Å². The molecule has 10 nitrogen and oxygen atoms in total. The van der Waals surface area contributed by atoms with Gasteiger partial charge in [0.1, 0.15) is 5.15 Å². The molecular weight excluding hydrogens is 403 g/mol. The molecule has 2 amide bonds. The van der Waals surface area contributed by atoms with Gasteiger partial charge < -0.3 is 4.74 Å². The van der Waals surface area contributed by atoms with E-state index in [1.807, 2.05) is 5.43 Å². The van der Waals surface area contributed by atoms with E-state index in [0.29, 0.717) is 0 Å². The molecule has 0 aliphatic carbocycles. The number of nitrogens with zero attached hydrogens (tertiary/aromatic N) is 2. The first-order valence-corrected chi connectivity index (χ1v) is 7.85. The molecule has 0 unspecified atom stereocenters. The third-order valence-electron chi connectivity index (χ3n) is 3.02. The number of hydrogen-bond acceptors (Lipinski definition) is 7. The van der Waals surface area contributed by atoms with Crippen molar-refractivity contribution < 1.29 is 24.0 Å². The van der Waals surface area contributed by atoms with Crippen LogP contribution >= 0.6 is 23.2 Å². The van der Waals surface area contributed by atoms with Crippen LogP contribution < -0.4 is 10.9 Å². The molecule has 0 saturated carbocycles. The van der Waals surface area contributed by atoms with Crippen molar-refractivity contribution in [3.05, 3.63) is 67.9 Å². The van der Waals surface area contributed by atoms with Crippen LogP contribution in [0.5, 0.6) is 0 Å². The maximum atomic E-state index is 11.8. The summed E-state index contributed by atoms with van der Waals surface area (Å²) in [5, 5.41) is 10.6. The van der Waals surface area contributed by atoms with Crippen LogP contribution in [0.4, 0.5) is 5.69 Å². The van der Waals surface area contributed by atoms with E-state index < -0.39 is 29.3 Å². The number of nitro benzene ring substituents is 1. The van der Waals surface area contributed by atoms with Gasteiger partial charge >= 0.3 is 5.97 Å². The fraction of sp³-hybridized carbons (Fsp3) is 0.0667. The fourth-order valence-electron chi connectivity index (χ4n) is 1.72. The Kier molecular flexibility index (Phi) is 6.63. The highest BCUT2D eigenvalue weighted by atomic mass is 35.5. The van der Waals surface area contributed by atoms with Crippen molar-refractivity contribution in [2.75, 3.05) is 6.61 Å². The average Bonchev–Trinajstić information content (AvgIpc) is 2.66. The van der Waals surface area contributed by atoms with E-state index in [-0.39, 0.29) is 27.0 Å². The standard InChI is InChI=1S/C15H10Cl2N4O6/c16-11-5-9(6-18-13(11)17)15(24)27-7-12(22)19-20-14(23)8-1-3-10(4-2-8)21(25)26/h1-6H,7H2,(H,19,22)(H,20,23). The third kappa shape index (κ3) is 5.62. The van der Waals surface area contributed by atoms with Crippen molar-refractivity contribution >= 4 is 46.7 Å². The fourth-order valence-corrected chi connectivity index (χ4v) is 1.99. The minimum atomic E-state index is -0.863. The minimum absolute atomic E-state index is 0.00730. The minimum Gasteiger partial charge on any atom is -0.452 e. The second-order valence-electron chi connectivity index (χ2n) is 4.88. The summed E-state index contributed by atoms with van der Waals surface area (Å²) in [6, 6.07) is 5.95. The number of ether oxygens (including phenoxy) is 1. The lowest BCUT2D eigenvalue weighted by Gasteiger charge is -2.08. The predicted octanol–water partition coefficient (Wildman–Crippen LogP) is 1.91. The molecule has 1 aromatic carbocycles. The normalized spacial score (nSPS) is 10.0. The molecule has 0 radical (unpaired) electrons. The van der Waals surface area contributed by atoms with Crippen molar-refractivity contribution in [2.45, 2.75) is 0 Å². The summed E-state index contributed by atoms with van der Waals surface area (Å²) in [5.74, 6) is -2.39. The molecule has 0 aliphatic rings. The topological polar surface area (TPSA) is 141 Å². The number of amides is 2. The molecule has 0 saturated heterocycles. The van der Waals surface area contributed by atoms with E-state index in [1.54, 1.807) is 0 Å². The Bertz CT molecular complexity index is 904. The largest absolute Gasteiger partial charge is 0.452 e. The van der Waals surface area contributed by atoms with Gasteiger partial charge in [-0.25, -0.2) is 9.78 Å². The van der Waals surface area contributed by atoms with Crippen LogP contribution in [-0.4, -0.2) is 34.3 Å². The van der Waals surface area contributed by atoms with E-state index in [4.69, 9.17) is 27.9 Å². The number of carbonyl (C=O) groups excluding carboxylic acids is 3. The van der Waals surface area contributed by atoms with Gasteiger partial charge in [-0.15, -0.1) is 0 Å². The number of benzene rings is 1. The summed E-state index contributed by atoms with van der Waals surface area (Å²) in [5.41, 5.74) is 4.00. The molecule has 1 aromatic heterocycles. The molecule has 27 heavy (non-hydrogen) atoms. The number of nitrogens with one attached hydrogen (secondary N) is 2. The first-order valence-electron chi connectivity index (χ1n) is 7.09. The molecule has 2 aromatic rings. The van der Waals surface area contributed by atoms with E-state index in [9.17, 15) is 24.5 Å². The highest BCUT2D eigenvalue weighted by Crippen LogP contribution is 2.20. The van der Waals surface area contributed by atoms with E-state index >= 15 is 0 Å². The molecular formula is C15H10Cl2N4O6. The Morgan fingerprint density at radius 1 is 1.11 bits per heavy atom. The zero-order valence-corrected chi connectivity index (χ0v) is 14.8. The van der Waals surface area contributed by atoms with E-state index in [2.05, 4.69) is 10.4 Å². The van der Waals surface area contributed by atoms with E-state index in [0.717, 1.165) is 18.3 Å². The van der Waals surface area contributed by atoms with Crippen LogP contribution in [0.15, 0.2) is 36.5 Å². The predicted molar refractivity (Wildman–Crippen MR) is 93.2 cm³/mol. The summed E-state index contributed by atoms with van der Waals surface area (Å²) in [6.07, 6.45) is 1.13. The highest BCUT2D eigenvalue weighted by Gasteiger charge is 2.14. The zero-order chi connectivity index (χ0) is 20.0. The van der Waals surface area contributed by atoms with Crippen LogP contribution in [0.1, 0.15) is 20.7 Å². The molecule has 140 valence electrons. The zero-order valence-electron chi connectivity index (χ0n) is 13.3. The van der Waals surface area contributed by atoms with Crippen molar-refractivity contribution in [1.29, 1.82) is 0 Å². The van der Waals surface area contributed by atoms with Gasteiger partial charge in [0.05, 0.1) is 15.5 Å². The lowest BCUT2D eigenvalue weighted by Crippen LogP contribution is -2.43. The van der Waals surface area contributed by atoms with Crippen molar-refractivity contribution in [2.24, 2.45) is 0 Å². The smallest absolute Gasteiger partial charge is 0.340 e. The molecule has 0 atom stereocenters. The molecule has 2 N–H and O–H groups in total. The van der Waals surface area contributed by atoms with Gasteiger partial charge in [0, 0.05) is 23.9 Å². The Balaban J connectivity index is 1.81. The lowest BCUT2D eigenvalue weighted by atomic mass is 10.2. The molecule has 1 heterocycles. The van der Waals surface area contributed by atoms with Crippen molar-refractivity contribution in [1.82, 2.24) is 15.8 Å². The molecule has 0 bridgehead atoms. The van der Waals surface area contributed by atoms with Crippen LogP contribution in [0.25, 0.3) is 0 Å². The second-order valence-corrected chi connectivity index (χ2v) is 5.64. The SMILES string of the molecule is O=C(COC(=O)c1cnc(Cl)c(Cl)c1)NNC(=O)c1ccc([N+](=O)[O-])cc1. The van der Waals surface area contributed by atoms with E-state index in [1.165, 1.54) is 18.2 Å². The Hall–Kier alpha value is -3.24. The average molecular weight is 413 g/mol. The highest BCUT2D eigenvalue weighted by molar-refractivity contribution is 6.41. The number of carbonyl (C=O) groups is 3. The summed E-state index contributed by atoms with van der Waals surface area (Å²) in [4.78, 5) is 48.8. The molecule has 12 heteroatoms. The number of aromatic nitrogens is 1. The van der Waals surface area contributed by atoms with Gasteiger partial charge in [0.25, 0.3) is 17.5 Å². The summed E-state index contributed by atoms with van der Waals surface area (Å²) in [6.45, 7) is -0.681. The molecule has 2 rings (SSSR count). The van der Waals surface area contributed by atoms with Gasteiger partial charge in [0.15, 0.2) is 6.61 Å². The number of nitro groups is 1. The second kappa shape index (κ2) is 8.92. The first-order chi connectivity index (χ1) is 12.8. The Labute approximate surface area is 161 Å². The Morgan fingerprint density at radius 2 is 1.78 bits per heavy atom. The number of halogens is 2. The van der Waals surface area contributed by atoms with Crippen LogP contribution in [0.2, 0.25) is 10.2 Å². The Morgan fingerprint density at radius 3 is 2.37 bits per heavy atom. The van der Waals surface area contributed by atoms with Crippen LogP contribution in [0.3, 0.4) is 0 Å². The van der Waals surface area contributed by atoms with Gasteiger partial charge in [-0.1, -0.05) is 23.2 Å². The number of rotatable bonds is 5. The first kappa shape index (κ1) is 20.1.